The van der Waals surface area contributed by atoms with Gasteiger partial charge in [-0.15, -0.1) is 0 Å². The normalized spacial score (nSPS) is 17.5. The summed E-state index contributed by atoms with van der Waals surface area (Å²) in [4.78, 5) is 6.67. The fourth-order valence-electron chi connectivity index (χ4n) is 4.77. The number of benzene rings is 2. The van der Waals surface area contributed by atoms with Crippen molar-refractivity contribution in [3.63, 3.8) is 0 Å². The van der Waals surface area contributed by atoms with Crippen molar-refractivity contribution in [1.82, 2.24) is 14.9 Å². The van der Waals surface area contributed by atoms with Gasteiger partial charge in [0.25, 0.3) is 0 Å². The van der Waals surface area contributed by atoms with Gasteiger partial charge in [0.2, 0.25) is 10.0 Å². The van der Waals surface area contributed by atoms with E-state index in [0.29, 0.717) is 16.5 Å². The average Bonchev–Trinajstić information content (AvgIpc) is 3.43. The molecule has 1 fully saturated rings. The van der Waals surface area contributed by atoms with E-state index in [1.54, 1.807) is 18.3 Å². The molecule has 5 rings (SSSR count). The lowest BCUT2D eigenvalue weighted by Gasteiger charge is -2.30. The molecule has 0 bridgehead atoms. The van der Waals surface area contributed by atoms with E-state index in [1.807, 2.05) is 47.4 Å². The molecule has 190 valence electrons. The molecular weight excluding hydrogens is 506 g/mol. The molecule has 4 aromatic rings. The summed E-state index contributed by atoms with van der Waals surface area (Å²) in [7, 11) is -1.97. The molecule has 0 radical (unpaired) electrons. The number of aromatic nitrogens is 2. The summed E-state index contributed by atoms with van der Waals surface area (Å²) in [5.74, 6) is 0.389. The number of para-hydroxylation sites is 1. The maximum Gasteiger partial charge on any atom is 0.229 e. The fraction of sp³-hybridized carbons (Fsp3) is 0.185. The summed E-state index contributed by atoms with van der Waals surface area (Å²) in [5.41, 5.74) is 5.14. The molecule has 0 aliphatic carbocycles. The number of nitrogens with zero attached hydrogens (tertiary/aromatic N) is 3. The monoisotopic (exact) mass is 533 g/mol. The lowest BCUT2D eigenvalue weighted by atomic mass is 10.0. The largest absolute Gasteiger partial charge is 0.494 e. The van der Waals surface area contributed by atoms with Gasteiger partial charge in [0.1, 0.15) is 11.8 Å². The van der Waals surface area contributed by atoms with E-state index in [-0.39, 0.29) is 12.1 Å². The number of anilines is 2. The Labute approximate surface area is 222 Å². The Kier molecular flexibility index (Phi) is 6.61. The van der Waals surface area contributed by atoms with E-state index in [1.165, 1.54) is 7.11 Å². The lowest BCUT2D eigenvalue weighted by Crippen LogP contribution is -2.30. The van der Waals surface area contributed by atoms with E-state index in [4.69, 9.17) is 17.0 Å². The van der Waals surface area contributed by atoms with Gasteiger partial charge in [0, 0.05) is 35.0 Å². The molecule has 10 heteroatoms. The third kappa shape index (κ3) is 4.90. The van der Waals surface area contributed by atoms with Crippen LogP contribution in [0.3, 0.4) is 0 Å². The van der Waals surface area contributed by atoms with Crippen LogP contribution in [0.2, 0.25) is 0 Å². The SMILES string of the molecule is COc1cc(N2C(=S)N[C@H](c3ccccn3)[C@H]2c2ccc(C)n2-c2ccccc2)ccc1NS(C)(=O)=O. The van der Waals surface area contributed by atoms with Crippen molar-refractivity contribution in [3.05, 3.63) is 102 Å². The smallest absolute Gasteiger partial charge is 0.229 e. The number of hydrogen-bond acceptors (Lipinski definition) is 5. The molecule has 1 aliphatic rings. The Morgan fingerprint density at radius 1 is 1.00 bits per heavy atom. The van der Waals surface area contributed by atoms with Gasteiger partial charge >= 0.3 is 0 Å². The van der Waals surface area contributed by atoms with Gasteiger partial charge in [0.15, 0.2) is 5.11 Å². The van der Waals surface area contributed by atoms with Crippen molar-refractivity contribution in [3.8, 4) is 11.4 Å². The first-order valence-corrected chi connectivity index (χ1v) is 14.0. The fourth-order valence-corrected chi connectivity index (χ4v) is 5.68. The van der Waals surface area contributed by atoms with Gasteiger partial charge in [-0.1, -0.05) is 24.3 Å². The summed E-state index contributed by atoms with van der Waals surface area (Å²) in [5, 5.41) is 4.01. The predicted octanol–water partition coefficient (Wildman–Crippen LogP) is 4.74. The first-order chi connectivity index (χ1) is 17.8. The van der Waals surface area contributed by atoms with Crippen molar-refractivity contribution in [2.75, 3.05) is 23.0 Å². The summed E-state index contributed by atoms with van der Waals surface area (Å²) in [6.45, 7) is 2.08. The minimum absolute atomic E-state index is 0.231. The maximum atomic E-state index is 11.9. The Bertz CT molecular complexity index is 1540. The van der Waals surface area contributed by atoms with Crippen LogP contribution in [0, 0.1) is 6.92 Å². The van der Waals surface area contributed by atoms with E-state index >= 15 is 0 Å². The minimum Gasteiger partial charge on any atom is -0.494 e. The molecule has 8 nitrogen and oxygen atoms in total. The molecule has 1 saturated heterocycles. The van der Waals surface area contributed by atoms with Crippen LogP contribution in [0.15, 0.2) is 85.1 Å². The number of nitrogens with one attached hydrogen (secondary N) is 2. The Balaban J connectivity index is 1.67. The lowest BCUT2D eigenvalue weighted by molar-refractivity contribution is 0.417. The van der Waals surface area contributed by atoms with Gasteiger partial charge in [-0.25, -0.2) is 8.42 Å². The van der Waals surface area contributed by atoms with Crippen LogP contribution in [-0.2, 0) is 10.0 Å². The van der Waals surface area contributed by atoms with Gasteiger partial charge < -0.3 is 19.5 Å². The third-order valence-corrected chi connectivity index (χ3v) is 7.19. The number of aryl methyl sites for hydroxylation is 1. The summed E-state index contributed by atoms with van der Waals surface area (Å²) in [6.07, 6.45) is 2.88. The van der Waals surface area contributed by atoms with E-state index < -0.39 is 10.0 Å². The minimum atomic E-state index is -3.48. The van der Waals surface area contributed by atoms with Crippen LogP contribution >= 0.6 is 12.2 Å². The van der Waals surface area contributed by atoms with Crippen LogP contribution in [-0.4, -0.2) is 36.4 Å². The topological polar surface area (TPSA) is 88.5 Å². The highest BCUT2D eigenvalue weighted by Crippen LogP contribution is 2.44. The highest BCUT2D eigenvalue weighted by molar-refractivity contribution is 7.92. The van der Waals surface area contributed by atoms with Crippen molar-refractivity contribution < 1.29 is 13.2 Å². The van der Waals surface area contributed by atoms with Crippen molar-refractivity contribution >= 4 is 38.7 Å². The standard InChI is InChI=1S/C27H27N5O3S2/c1-18-12-15-23(31(18)19-9-5-4-6-10-19)26-25(22-11-7-8-16-28-22)29-27(36)32(26)20-13-14-21(24(17-20)35-2)30-37(3,33)34/h4-17,25-26,30H,1-3H3,(H,29,36)/t25-,26-/m1/s1. The zero-order valence-electron chi connectivity index (χ0n) is 20.6. The highest BCUT2D eigenvalue weighted by atomic mass is 32.2. The van der Waals surface area contributed by atoms with Crippen LogP contribution in [0.5, 0.6) is 5.75 Å². The molecule has 3 heterocycles. The number of pyridine rings is 1. The second-order valence-electron chi connectivity index (χ2n) is 8.83. The van der Waals surface area contributed by atoms with Crippen molar-refractivity contribution in [2.24, 2.45) is 0 Å². The molecule has 0 amide bonds. The van der Waals surface area contributed by atoms with E-state index in [0.717, 1.165) is 34.7 Å². The molecule has 2 N–H and O–H groups in total. The second-order valence-corrected chi connectivity index (χ2v) is 11.0. The maximum absolute atomic E-state index is 11.9. The molecule has 0 spiro atoms. The molecule has 2 aromatic heterocycles. The predicted molar refractivity (Wildman–Crippen MR) is 150 cm³/mol. The second kappa shape index (κ2) is 9.87. The number of methoxy groups -OCH3 is 1. The molecule has 37 heavy (non-hydrogen) atoms. The first kappa shape index (κ1) is 24.8. The summed E-state index contributed by atoms with van der Waals surface area (Å²) in [6, 6.07) is 25.0. The van der Waals surface area contributed by atoms with Crippen LogP contribution in [0.4, 0.5) is 11.4 Å². The Morgan fingerprint density at radius 2 is 1.76 bits per heavy atom. The number of rotatable bonds is 7. The average molecular weight is 534 g/mol. The number of sulfonamides is 1. The molecule has 0 saturated carbocycles. The summed E-state index contributed by atoms with van der Waals surface area (Å²) < 4.78 is 34.0. The van der Waals surface area contributed by atoms with E-state index in [2.05, 4.69) is 50.8 Å². The molecule has 0 unspecified atom stereocenters. The van der Waals surface area contributed by atoms with Gasteiger partial charge in [-0.05, 0) is 67.7 Å². The van der Waals surface area contributed by atoms with Gasteiger partial charge in [-0.3, -0.25) is 9.71 Å². The molecule has 1 aliphatic heterocycles. The van der Waals surface area contributed by atoms with Crippen molar-refractivity contribution in [1.29, 1.82) is 0 Å². The Morgan fingerprint density at radius 3 is 2.43 bits per heavy atom. The summed E-state index contributed by atoms with van der Waals surface area (Å²) >= 11 is 5.87. The quantitative estimate of drug-likeness (QED) is 0.332. The number of thiocarbonyl (C=S) groups is 1. The van der Waals surface area contributed by atoms with Gasteiger partial charge in [0.05, 0.1) is 30.8 Å². The number of ether oxygens (including phenoxy) is 1. The van der Waals surface area contributed by atoms with Crippen LogP contribution in [0.1, 0.15) is 29.2 Å². The molecule has 2 aromatic carbocycles. The van der Waals surface area contributed by atoms with Crippen LogP contribution < -0.4 is 19.7 Å². The van der Waals surface area contributed by atoms with E-state index in [9.17, 15) is 8.42 Å². The van der Waals surface area contributed by atoms with Crippen LogP contribution in [0.25, 0.3) is 5.69 Å². The van der Waals surface area contributed by atoms with Gasteiger partial charge in [-0.2, -0.15) is 0 Å². The zero-order valence-corrected chi connectivity index (χ0v) is 22.3. The zero-order chi connectivity index (χ0) is 26.2. The molecular formula is C27H27N5O3S2. The highest BCUT2D eigenvalue weighted by Gasteiger charge is 2.42. The number of hydrogen-bond donors (Lipinski definition) is 2. The third-order valence-electron chi connectivity index (χ3n) is 6.28. The molecule has 2 atom stereocenters. The van der Waals surface area contributed by atoms with Crippen molar-refractivity contribution in [2.45, 2.75) is 19.0 Å². The Hall–Kier alpha value is -3.89. The first-order valence-electron chi connectivity index (χ1n) is 11.7.